The zero-order valence-corrected chi connectivity index (χ0v) is 7.64. The average molecular weight is 179 g/mol. The van der Waals surface area contributed by atoms with E-state index < -0.39 is 0 Å². The first-order chi connectivity index (χ1) is 5.83. The molecule has 0 aliphatic heterocycles. The van der Waals surface area contributed by atoms with Crippen molar-refractivity contribution in [3.8, 4) is 0 Å². The van der Waals surface area contributed by atoms with E-state index in [4.69, 9.17) is 11.6 Å². The second kappa shape index (κ2) is 4.13. The van der Waals surface area contributed by atoms with Crippen molar-refractivity contribution in [1.29, 1.82) is 0 Å². The number of rotatable bonds is 3. The number of benzene rings is 1. The Hall–Kier alpha value is -1.01. The third-order valence-corrected chi connectivity index (χ3v) is 2.09. The molecule has 0 aromatic heterocycles. The van der Waals surface area contributed by atoms with Gasteiger partial charge in [-0.05, 0) is 16.7 Å². The Bertz CT molecular complexity index is 300. The molecule has 0 fully saturated rings. The van der Waals surface area contributed by atoms with Crippen LogP contribution in [0.15, 0.2) is 31.4 Å². The van der Waals surface area contributed by atoms with Crippen LogP contribution in [-0.4, -0.2) is 0 Å². The highest BCUT2D eigenvalue weighted by molar-refractivity contribution is 6.17. The molecule has 1 aromatic carbocycles. The topological polar surface area (TPSA) is 0 Å². The Morgan fingerprint density at radius 1 is 1.25 bits per heavy atom. The van der Waals surface area contributed by atoms with Gasteiger partial charge in [-0.1, -0.05) is 43.5 Å². The third-order valence-electron chi connectivity index (χ3n) is 1.80. The molecule has 0 unspecified atom stereocenters. The van der Waals surface area contributed by atoms with E-state index >= 15 is 0 Å². The van der Waals surface area contributed by atoms with Crippen LogP contribution in [0.2, 0.25) is 0 Å². The molecule has 0 saturated carbocycles. The summed E-state index contributed by atoms with van der Waals surface area (Å²) in [4.78, 5) is 0. The fraction of sp³-hybridized carbons (Fsp3) is 0.0909. The molecular formula is C11H11Cl. The SMILES string of the molecule is C=Cc1cccc(CCl)c1C=C. The first-order valence-corrected chi connectivity index (χ1v) is 4.29. The highest BCUT2D eigenvalue weighted by Gasteiger charge is 2.00. The summed E-state index contributed by atoms with van der Waals surface area (Å²) in [5, 5.41) is 0. The normalized spacial score (nSPS) is 9.42. The van der Waals surface area contributed by atoms with Crippen LogP contribution in [-0.2, 0) is 5.88 Å². The standard InChI is InChI=1S/C11H11Cl/c1-3-9-6-5-7-10(8-12)11(9)4-2/h3-7H,1-2,8H2. The highest BCUT2D eigenvalue weighted by atomic mass is 35.5. The van der Waals surface area contributed by atoms with Gasteiger partial charge in [-0.25, -0.2) is 0 Å². The van der Waals surface area contributed by atoms with Crippen molar-refractivity contribution in [1.82, 2.24) is 0 Å². The molecule has 0 spiro atoms. The molecule has 0 aliphatic carbocycles. The molecule has 12 heavy (non-hydrogen) atoms. The first-order valence-electron chi connectivity index (χ1n) is 3.76. The monoisotopic (exact) mass is 178 g/mol. The van der Waals surface area contributed by atoms with Gasteiger partial charge in [0.05, 0.1) is 0 Å². The maximum atomic E-state index is 5.76. The van der Waals surface area contributed by atoms with Gasteiger partial charge >= 0.3 is 0 Å². The van der Waals surface area contributed by atoms with Gasteiger partial charge in [0.15, 0.2) is 0 Å². The quantitative estimate of drug-likeness (QED) is 0.619. The van der Waals surface area contributed by atoms with E-state index in [-0.39, 0.29) is 0 Å². The van der Waals surface area contributed by atoms with Gasteiger partial charge in [-0.3, -0.25) is 0 Å². The number of hydrogen-bond acceptors (Lipinski definition) is 0. The fourth-order valence-corrected chi connectivity index (χ4v) is 1.41. The van der Waals surface area contributed by atoms with Gasteiger partial charge in [0.1, 0.15) is 0 Å². The zero-order chi connectivity index (χ0) is 8.97. The van der Waals surface area contributed by atoms with Crippen molar-refractivity contribution < 1.29 is 0 Å². The summed E-state index contributed by atoms with van der Waals surface area (Å²) in [6.45, 7) is 7.47. The molecule has 0 N–H and O–H groups in total. The maximum absolute atomic E-state index is 5.76. The minimum atomic E-state index is 0.517. The molecule has 0 heterocycles. The van der Waals surface area contributed by atoms with Crippen molar-refractivity contribution in [2.75, 3.05) is 0 Å². The smallest absolute Gasteiger partial charge is 0.0480 e. The lowest BCUT2D eigenvalue weighted by atomic mass is 10.0. The van der Waals surface area contributed by atoms with E-state index in [1.165, 1.54) is 0 Å². The Labute approximate surface area is 78.2 Å². The van der Waals surface area contributed by atoms with Crippen LogP contribution in [0, 0.1) is 0 Å². The van der Waals surface area contributed by atoms with Gasteiger partial charge in [0.2, 0.25) is 0 Å². The minimum absolute atomic E-state index is 0.517. The first kappa shape index (κ1) is 9.08. The van der Waals surface area contributed by atoms with Crippen LogP contribution in [0.3, 0.4) is 0 Å². The van der Waals surface area contributed by atoms with Gasteiger partial charge in [0, 0.05) is 5.88 Å². The molecule has 0 amide bonds. The lowest BCUT2D eigenvalue weighted by Gasteiger charge is -2.05. The Morgan fingerprint density at radius 3 is 2.50 bits per heavy atom. The number of halogens is 1. The molecule has 0 nitrogen and oxygen atoms in total. The van der Waals surface area contributed by atoms with Crippen LogP contribution in [0.25, 0.3) is 12.2 Å². The predicted molar refractivity (Wildman–Crippen MR) is 56.2 cm³/mol. The van der Waals surface area contributed by atoms with E-state index in [0.717, 1.165) is 16.7 Å². The van der Waals surface area contributed by atoms with E-state index in [0.29, 0.717) is 5.88 Å². The molecular weight excluding hydrogens is 168 g/mol. The maximum Gasteiger partial charge on any atom is 0.0480 e. The largest absolute Gasteiger partial charge is 0.122 e. The zero-order valence-electron chi connectivity index (χ0n) is 6.89. The van der Waals surface area contributed by atoms with Crippen LogP contribution in [0.4, 0.5) is 0 Å². The van der Waals surface area contributed by atoms with Crippen molar-refractivity contribution in [3.63, 3.8) is 0 Å². The summed E-state index contributed by atoms with van der Waals surface area (Å²) in [7, 11) is 0. The van der Waals surface area contributed by atoms with Gasteiger partial charge in [0.25, 0.3) is 0 Å². The van der Waals surface area contributed by atoms with Crippen LogP contribution in [0.1, 0.15) is 16.7 Å². The Balaban J connectivity index is 3.31. The van der Waals surface area contributed by atoms with Crippen molar-refractivity contribution in [2.24, 2.45) is 0 Å². The van der Waals surface area contributed by atoms with E-state index in [1.54, 1.807) is 0 Å². The summed E-state index contributed by atoms with van der Waals surface area (Å²) in [5.41, 5.74) is 3.27. The van der Waals surface area contributed by atoms with E-state index in [1.807, 2.05) is 30.4 Å². The van der Waals surface area contributed by atoms with Crippen molar-refractivity contribution >= 4 is 23.8 Å². The lowest BCUT2D eigenvalue weighted by molar-refractivity contribution is 1.37. The van der Waals surface area contributed by atoms with Crippen LogP contribution >= 0.6 is 11.6 Å². The summed E-state index contributed by atoms with van der Waals surface area (Å²) in [5.74, 6) is 0.517. The predicted octanol–water partition coefficient (Wildman–Crippen LogP) is 3.71. The minimum Gasteiger partial charge on any atom is -0.122 e. The third kappa shape index (κ3) is 1.59. The molecule has 62 valence electrons. The Morgan fingerprint density at radius 2 is 2.00 bits per heavy atom. The molecule has 0 bridgehead atoms. The highest BCUT2D eigenvalue weighted by Crippen LogP contribution is 2.18. The summed E-state index contributed by atoms with van der Waals surface area (Å²) >= 11 is 5.76. The average Bonchev–Trinajstić information content (AvgIpc) is 2.16. The Kier molecular flexibility index (Phi) is 3.12. The molecule has 1 rings (SSSR count). The molecule has 0 radical (unpaired) electrons. The molecule has 0 atom stereocenters. The van der Waals surface area contributed by atoms with Crippen molar-refractivity contribution in [2.45, 2.75) is 5.88 Å². The van der Waals surface area contributed by atoms with E-state index in [9.17, 15) is 0 Å². The van der Waals surface area contributed by atoms with Gasteiger partial charge in [-0.2, -0.15) is 0 Å². The summed E-state index contributed by atoms with van der Waals surface area (Å²) < 4.78 is 0. The number of alkyl halides is 1. The molecule has 0 saturated heterocycles. The second-order valence-electron chi connectivity index (χ2n) is 2.46. The van der Waals surface area contributed by atoms with E-state index in [2.05, 4.69) is 13.2 Å². The molecule has 1 aromatic rings. The number of hydrogen-bond donors (Lipinski definition) is 0. The van der Waals surface area contributed by atoms with Crippen LogP contribution in [0.5, 0.6) is 0 Å². The molecule has 1 heteroatoms. The lowest BCUT2D eigenvalue weighted by Crippen LogP contribution is -1.87. The summed E-state index contributed by atoms with van der Waals surface area (Å²) in [6, 6.07) is 5.97. The van der Waals surface area contributed by atoms with Crippen molar-refractivity contribution in [3.05, 3.63) is 48.0 Å². The van der Waals surface area contributed by atoms with Gasteiger partial charge < -0.3 is 0 Å². The second-order valence-corrected chi connectivity index (χ2v) is 2.73. The van der Waals surface area contributed by atoms with Gasteiger partial charge in [-0.15, -0.1) is 11.6 Å². The van der Waals surface area contributed by atoms with Crippen LogP contribution < -0.4 is 0 Å². The molecule has 0 aliphatic rings. The summed E-state index contributed by atoms with van der Waals surface area (Å²) in [6.07, 6.45) is 3.63. The fourth-order valence-electron chi connectivity index (χ4n) is 1.18.